The highest BCUT2D eigenvalue weighted by Crippen LogP contribution is 2.24. The van der Waals surface area contributed by atoms with Crippen LogP contribution in [0.15, 0.2) is 48.8 Å². The zero-order valence-electron chi connectivity index (χ0n) is 14.2. The first kappa shape index (κ1) is 16.4. The van der Waals surface area contributed by atoms with Gasteiger partial charge in [-0.05, 0) is 11.6 Å². The van der Waals surface area contributed by atoms with Gasteiger partial charge in [-0.2, -0.15) is 0 Å². The average molecular weight is 325 g/mol. The summed E-state index contributed by atoms with van der Waals surface area (Å²) in [6.45, 7) is 3.23. The Bertz CT molecular complexity index is 654. The molecule has 1 aromatic heterocycles. The minimum absolute atomic E-state index is 0.116. The van der Waals surface area contributed by atoms with Gasteiger partial charge in [-0.3, -0.25) is 9.69 Å². The second kappa shape index (κ2) is 7.40. The van der Waals surface area contributed by atoms with E-state index in [1.165, 1.54) is 0 Å². The molecule has 1 amide bonds. The molecule has 24 heavy (non-hydrogen) atoms. The molecular formula is C18H23N5O. The number of anilines is 1. The second-order valence-electron chi connectivity index (χ2n) is 6.12. The summed E-state index contributed by atoms with van der Waals surface area (Å²) in [6.07, 6.45) is 3.52. The molecule has 1 aromatic carbocycles. The van der Waals surface area contributed by atoms with Crippen molar-refractivity contribution >= 4 is 11.9 Å². The predicted octanol–water partition coefficient (Wildman–Crippen LogP) is 1.43. The Morgan fingerprint density at radius 2 is 1.62 bits per heavy atom. The molecule has 1 aliphatic rings. The minimum Gasteiger partial charge on any atom is -0.347 e. The molecule has 3 rings (SSSR count). The van der Waals surface area contributed by atoms with Crippen molar-refractivity contribution in [2.75, 3.05) is 45.2 Å². The lowest BCUT2D eigenvalue weighted by molar-refractivity contribution is -0.134. The van der Waals surface area contributed by atoms with Gasteiger partial charge in [0.2, 0.25) is 11.9 Å². The molecule has 1 aliphatic heterocycles. The average Bonchev–Trinajstić information content (AvgIpc) is 2.64. The topological polar surface area (TPSA) is 52.6 Å². The molecule has 1 atom stereocenters. The van der Waals surface area contributed by atoms with E-state index < -0.39 is 0 Å². The van der Waals surface area contributed by atoms with Gasteiger partial charge in [0.15, 0.2) is 0 Å². The zero-order chi connectivity index (χ0) is 16.9. The SMILES string of the molecule is CN(C)C(=O)C(c1ccccc1)N1CCN(c2ncccn2)CC1. The lowest BCUT2D eigenvalue weighted by atomic mass is 10.0. The Hall–Kier alpha value is -2.47. The number of hydrogen-bond donors (Lipinski definition) is 0. The van der Waals surface area contributed by atoms with Gasteiger partial charge in [0, 0.05) is 52.7 Å². The number of hydrogen-bond acceptors (Lipinski definition) is 5. The quantitative estimate of drug-likeness (QED) is 0.851. The fraction of sp³-hybridized carbons (Fsp3) is 0.389. The summed E-state index contributed by atoms with van der Waals surface area (Å²) in [5, 5.41) is 0. The molecule has 2 heterocycles. The van der Waals surface area contributed by atoms with Gasteiger partial charge < -0.3 is 9.80 Å². The highest BCUT2D eigenvalue weighted by atomic mass is 16.2. The summed E-state index contributed by atoms with van der Waals surface area (Å²) >= 11 is 0. The van der Waals surface area contributed by atoms with Crippen molar-refractivity contribution in [3.8, 4) is 0 Å². The summed E-state index contributed by atoms with van der Waals surface area (Å²) < 4.78 is 0. The molecule has 126 valence electrons. The van der Waals surface area contributed by atoms with Crippen LogP contribution in [0.25, 0.3) is 0 Å². The molecule has 0 aliphatic carbocycles. The number of aromatic nitrogens is 2. The van der Waals surface area contributed by atoms with E-state index in [1.807, 2.05) is 50.5 Å². The fourth-order valence-electron chi connectivity index (χ4n) is 3.02. The largest absolute Gasteiger partial charge is 0.347 e. The summed E-state index contributed by atoms with van der Waals surface area (Å²) in [4.78, 5) is 27.5. The normalized spacial score (nSPS) is 16.7. The first-order valence-electron chi connectivity index (χ1n) is 8.19. The van der Waals surface area contributed by atoms with Crippen LogP contribution in [0.1, 0.15) is 11.6 Å². The number of rotatable bonds is 4. The number of benzene rings is 1. The Kier molecular flexibility index (Phi) is 5.05. The molecule has 1 saturated heterocycles. The number of carbonyl (C=O) groups excluding carboxylic acids is 1. The van der Waals surface area contributed by atoms with E-state index in [0.29, 0.717) is 0 Å². The van der Waals surface area contributed by atoms with Crippen molar-refractivity contribution in [2.45, 2.75) is 6.04 Å². The van der Waals surface area contributed by atoms with Crippen LogP contribution in [0.2, 0.25) is 0 Å². The van der Waals surface area contributed by atoms with Crippen molar-refractivity contribution < 1.29 is 4.79 Å². The van der Waals surface area contributed by atoms with Crippen LogP contribution in [0, 0.1) is 0 Å². The molecular weight excluding hydrogens is 302 g/mol. The summed E-state index contributed by atoms with van der Waals surface area (Å²) in [6, 6.07) is 11.6. The third kappa shape index (κ3) is 3.54. The maximum atomic E-state index is 12.7. The maximum Gasteiger partial charge on any atom is 0.244 e. The first-order chi connectivity index (χ1) is 11.7. The van der Waals surface area contributed by atoms with Crippen LogP contribution in [0.4, 0.5) is 5.95 Å². The maximum absolute atomic E-state index is 12.7. The second-order valence-corrected chi connectivity index (χ2v) is 6.12. The van der Waals surface area contributed by atoms with Crippen molar-refractivity contribution in [3.63, 3.8) is 0 Å². The number of likely N-dealkylation sites (N-methyl/N-ethyl adjacent to an activating group) is 1. The van der Waals surface area contributed by atoms with Crippen LogP contribution in [-0.4, -0.2) is 65.9 Å². The third-order valence-corrected chi connectivity index (χ3v) is 4.30. The van der Waals surface area contributed by atoms with E-state index in [1.54, 1.807) is 17.3 Å². The van der Waals surface area contributed by atoms with Gasteiger partial charge in [0.1, 0.15) is 6.04 Å². The number of amides is 1. The monoisotopic (exact) mass is 325 g/mol. The first-order valence-corrected chi connectivity index (χ1v) is 8.19. The van der Waals surface area contributed by atoms with E-state index in [9.17, 15) is 4.79 Å². The molecule has 0 radical (unpaired) electrons. The van der Waals surface area contributed by atoms with Crippen molar-refractivity contribution in [1.82, 2.24) is 19.8 Å². The Morgan fingerprint density at radius 3 is 2.21 bits per heavy atom. The molecule has 2 aromatic rings. The van der Waals surface area contributed by atoms with Crippen LogP contribution in [0.3, 0.4) is 0 Å². The van der Waals surface area contributed by atoms with E-state index in [0.717, 1.165) is 37.7 Å². The fourth-order valence-corrected chi connectivity index (χ4v) is 3.02. The van der Waals surface area contributed by atoms with Gasteiger partial charge in [0.25, 0.3) is 0 Å². The van der Waals surface area contributed by atoms with Gasteiger partial charge in [0.05, 0.1) is 0 Å². The van der Waals surface area contributed by atoms with Crippen LogP contribution in [0.5, 0.6) is 0 Å². The summed E-state index contributed by atoms with van der Waals surface area (Å²) in [5.74, 6) is 0.873. The van der Waals surface area contributed by atoms with E-state index >= 15 is 0 Å². The number of piperazine rings is 1. The molecule has 6 heteroatoms. The third-order valence-electron chi connectivity index (χ3n) is 4.30. The lowest BCUT2D eigenvalue weighted by Gasteiger charge is -2.39. The molecule has 0 spiro atoms. The van der Waals surface area contributed by atoms with Crippen LogP contribution in [-0.2, 0) is 4.79 Å². The van der Waals surface area contributed by atoms with E-state index in [-0.39, 0.29) is 11.9 Å². The molecule has 1 unspecified atom stereocenters. The molecule has 0 saturated carbocycles. The van der Waals surface area contributed by atoms with Crippen LogP contribution >= 0.6 is 0 Å². The molecule has 1 fully saturated rings. The Balaban J connectivity index is 1.75. The highest BCUT2D eigenvalue weighted by Gasteiger charge is 2.31. The number of carbonyl (C=O) groups is 1. The Morgan fingerprint density at radius 1 is 1.00 bits per heavy atom. The van der Waals surface area contributed by atoms with Gasteiger partial charge in [-0.25, -0.2) is 9.97 Å². The van der Waals surface area contributed by atoms with Crippen molar-refractivity contribution in [3.05, 3.63) is 54.4 Å². The van der Waals surface area contributed by atoms with E-state index in [4.69, 9.17) is 0 Å². The highest BCUT2D eigenvalue weighted by molar-refractivity contribution is 5.82. The van der Waals surface area contributed by atoms with Gasteiger partial charge in [-0.15, -0.1) is 0 Å². The molecule has 0 N–H and O–H groups in total. The van der Waals surface area contributed by atoms with Gasteiger partial charge in [-0.1, -0.05) is 30.3 Å². The zero-order valence-corrected chi connectivity index (χ0v) is 14.2. The molecule has 0 bridgehead atoms. The van der Waals surface area contributed by atoms with Crippen molar-refractivity contribution in [1.29, 1.82) is 0 Å². The standard InChI is InChI=1S/C18H23N5O/c1-21(2)17(24)16(15-7-4-3-5-8-15)22-11-13-23(14-12-22)18-19-9-6-10-20-18/h3-10,16H,11-14H2,1-2H3. The number of nitrogens with zero attached hydrogens (tertiary/aromatic N) is 5. The predicted molar refractivity (Wildman–Crippen MR) is 93.7 cm³/mol. The summed E-state index contributed by atoms with van der Waals surface area (Å²) in [7, 11) is 3.62. The van der Waals surface area contributed by atoms with Gasteiger partial charge >= 0.3 is 0 Å². The smallest absolute Gasteiger partial charge is 0.244 e. The minimum atomic E-state index is -0.236. The molecule has 6 nitrogen and oxygen atoms in total. The van der Waals surface area contributed by atoms with E-state index in [2.05, 4.69) is 19.8 Å². The van der Waals surface area contributed by atoms with Crippen molar-refractivity contribution in [2.24, 2.45) is 0 Å². The summed E-state index contributed by atoms with van der Waals surface area (Å²) in [5.41, 5.74) is 1.04. The lowest BCUT2D eigenvalue weighted by Crippen LogP contribution is -2.51. The van der Waals surface area contributed by atoms with Crippen LogP contribution < -0.4 is 4.90 Å². The Labute approximate surface area is 142 Å².